The van der Waals surface area contributed by atoms with Gasteiger partial charge in [0.25, 0.3) is 0 Å². The van der Waals surface area contributed by atoms with Crippen LogP contribution in [0.5, 0.6) is 0 Å². The van der Waals surface area contributed by atoms with Gasteiger partial charge in [-0.1, -0.05) is 67.6 Å². The minimum Gasteiger partial charge on any atom is -0.212 e. The molecule has 0 aliphatic heterocycles. The van der Waals surface area contributed by atoms with Crippen molar-refractivity contribution in [2.45, 2.75) is 6.92 Å². The molecule has 0 amide bonds. The van der Waals surface area contributed by atoms with Crippen LogP contribution < -0.4 is 0 Å². The van der Waals surface area contributed by atoms with E-state index in [0.29, 0.717) is 0 Å². The van der Waals surface area contributed by atoms with Crippen molar-refractivity contribution in [1.29, 1.82) is 0 Å². The number of rotatable bonds is 2. The van der Waals surface area contributed by atoms with Crippen LogP contribution in [-0.2, 0) is 9.05 Å². The third kappa shape index (κ3) is 5.84. The summed E-state index contributed by atoms with van der Waals surface area (Å²) in [6.07, 6.45) is 0. The molecule has 0 aromatic heterocycles. The summed E-state index contributed by atoms with van der Waals surface area (Å²) in [5.41, 5.74) is 2.55. The molecule has 0 bridgehead atoms. The van der Waals surface area contributed by atoms with Crippen LogP contribution in [0.25, 0.3) is 11.1 Å². The molecule has 96 valence electrons. The molecule has 0 aliphatic rings. The summed E-state index contributed by atoms with van der Waals surface area (Å²) in [6.45, 7) is 1.49. The van der Waals surface area contributed by atoms with E-state index in [1.165, 1.54) is 18.1 Å². The fourth-order valence-corrected chi connectivity index (χ4v) is 1.26. The smallest absolute Gasteiger partial charge is 0.212 e. The summed E-state index contributed by atoms with van der Waals surface area (Å²) >= 11 is 0. The van der Waals surface area contributed by atoms with Crippen molar-refractivity contribution in [3.8, 4) is 11.1 Å². The highest BCUT2D eigenvalue weighted by atomic mass is 35.7. The third-order valence-corrected chi connectivity index (χ3v) is 3.57. The van der Waals surface area contributed by atoms with Crippen molar-refractivity contribution >= 4 is 19.7 Å². The second kappa shape index (κ2) is 7.19. The highest BCUT2D eigenvalue weighted by Gasteiger charge is 1.95. The standard InChI is InChI=1S/C12H10.C2H5ClO2S/c1-3-7-11(8-4-1)12-9-5-2-6-10-12;1-2-6(3,4)5/h1-10H;2H2,1H3. The summed E-state index contributed by atoms with van der Waals surface area (Å²) in [5.74, 6) is 0.00849. The monoisotopic (exact) mass is 282 g/mol. The van der Waals surface area contributed by atoms with Gasteiger partial charge in [-0.3, -0.25) is 0 Å². The Balaban J connectivity index is 0.000000232. The molecule has 0 saturated carbocycles. The highest BCUT2D eigenvalue weighted by molar-refractivity contribution is 8.13. The maximum atomic E-state index is 9.77. The van der Waals surface area contributed by atoms with Gasteiger partial charge in [0.1, 0.15) is 0 Å². The third-order valence-electron chi connectivity index (χ3n) is 2.23. The van der Waals surface area contributed by atoms with Crippen LogP contribution in [0.2, 0.25) is 0 Å². The topological polar surface area (TPSA) is 34.1 Å². The maximum Gasteiger partial charge on any atom is 0.232 e. The molecule has 4 heteroatoms. The molecule has 0 saturated heterocycles. The first-order valence-electron chi connectivity index (χ1n) is 5.55. The van der Waals surface area contributed by atoms with Gasteiger partial charge in [0.05, 0.1) is 5.75 Å². The Hall–Kier alpha value is -1.32. The van der Waals surface area contributed by atoms with Crippen LogP contribution in [0.1, 0.15) is 6.92 Å². The molecule has 0 fully saturated rings. The van der Waals surface area contributed by atoms with E-state index in [1.807, 2.05) is 12.1 Å². The summed E-state index contributed by atoms with van der Waals surface area (Å²) in [6, 6.07) is 20.8. The molecule has 0 aliphatic carbocycles. The normalized spacial score (nSPS) is 10.3. The maximum absolute atomic E-state index is 9.77. The van der Waals surface area contributed by atoms with Gasteiger partial charge in [-0.2, -0.15) is 0 Å². The molecule has 0 heterocycles. The molecule has 2 aromatic rings. The molecular formula is C14H15ClO2S. The minimum atomic E-state index is -3.19. The van der Waals surface area contributed by atoms with Crippen molar-refractivity contribution in [1.82, 2.24) is 0 Å². The molecule has 0 N–H and O–H groups in total. The Morgan fingerprint density at radius 1 is 0.833 bits per heavy atom. The van der Waals surface area contributed by atoms with Crippen molar-refractivity contribution < 1.29 is 8.42 Å². The molecule has 18 heavy (non-hydrogen) atoms. The average molecular weight is 283 g/mol. The van der Waals surface area contributed by atoms with E-state index in [9.17, 15) is 8.42 Å². The summed E-state index contributed by atoms with van der Waals surface area (Å²) in [5, 5.41) is 0. The SMILES string of the molecule is CCS(=O)(=O)Cl.c1ccc(-c2ccccc2)cc1. The van der Waals surface area contributed by atoms with Gasteiger partial charge in [-0.15, -0.1) is 0 Å². The molecule has 0 radical (unpaired) electrons. The van der Waals surface area contributed by atoms with Gasteiger partial charge in [0, 0.05) is 10.7 Å². The highest BCUT2D eigenvalue weighted by Crippen LogP contribution is 2.17. The van der Waals surface area contributed by atoms with Gasteiger partial charge in [-0.05, 0) is 11.1 Å². The van der Waals surface area contributed by atoms with Crippen molar-refractivity contribution in [3.63, 3.8) is 0 Å². The van der Waals surface area contributed by atoms with Gasteiger partial charge in [-0.25, -0.2) is 8.42 Å². The summed E-state index contributed by atoms with van der Waals surface area (Å²) < 4.78 is 19.5. The Labute approximate surface area is 113 Å². The first kappa shape index (κ1) is 14.7. The van der Waals surface area contributed by atoms with E-state index >= 15 is 0 Å². The molecule has 2 rings (SSSR count). The largest absolute Gasteiger partial charge is 0.232 e. The van der Waals surface area contributed by atoms with Crippen molar-refractivity contribution in [2.24, 2.45) is 0 Å². The lowest BCUT2D eigenvalue weighted by Gasteiger charge is -1.98. The van der Waals surface area contributed by atoms with E-state index in [-0.39, 0.29) is 5.75 Å². The molecule has 0 spiro atoms. The predicted octanol–water partition coefficient (Wildman–Crippen LogP) is 3.93. The van der Waals surface area contributed by atoms with Crippen LogP contribution in [0.15, 0.2) is 60.7 Å². The number of hydrogen-bond acceptors (Lipinski definition) is 2. The zero-order chi connectivity index (χ0) is 13.4. The van der Waals surface area contributed by atoms with Crippen LogP contribution in [0.4, 0.5) is 0 Å². The van der Waals surface area contributed by atoms with Crippen LogP contribution in [0, 0.1) is 0 Å². The number of halogens is 1. The number of benzene rings is 2. The van der Waals surface area contributed by atoms with Crippen LogP contribution in [0.3, 0.4) is 0 Å². The Morgan fingerprint density at radius 2 is 1.11 bits per heavy atom. The first-order chi connectivity index (χ1) is 8.53. The lowest BCUT2D eigenvalue weighted by molar-refractivity contribution is 0.610. The van der Waals surface area contributed by atoms with E-state index in [4.69, 9.17) is 0 Å². The van der Waals surface area contributed by atoms with Crippen LogP contribution >= 0.6 is 10.7 Å². The Kier molecular flexibility index (Phi) is 5.89. The van der Waals surface area contributed by atoms with E-state index in [2.05, 4.69) is 59.2 Å². The number of hydrogen-bond donors (Lipinski definition) is 0. The zero-order valence-corrected chi connectivity index (χ0v) is 11.7. The fraction of sp³-hybridized carbons (Fsp3) is 0.143. The summed E-state index contributed by atoms with van der Waals surface area (Å²) in [7, 11) is 1.50. The summed E-state index contributed by atoms with van der Waals surface area (Å²) in [4.78, 5) is 0. The average Bonchev–Trinajstić information content (AvgIpc) is 2.41. The minimum absolute atomic E-state index is 0.00849. The van der Waals surface area contributed by atoms with Gasteiger partial charge >= 0.3 is 0 Å². The molecule has 2 nitrogen and oxygen atoms in total. The first-order valence-corrected chi connectivity index (χ1v) is 8.03. The predicted molar refractivity (Wildman–Crippen MR) is 77.2 cm³/mol. The molecule has 2 aromatic carbocycles. The second-order valence-electron chi connectivity index (χ2n) is 3.56. The van der Waals surface area contributed by atoms with Gasteiger partial charge < -0.3 is 0 Å². The van der Waals surface area contributed by atoms with Gasteiger partial charge in [0.15, 0.2) is 0 Å². The lowest BCUT2D eigenvalue weighted by Crippen LogP contribution is -1.88. The van der Waals surface area contributed by atoms with E-state index in [1.54, 1.807) is 0 Å². The second-order valence-corrected chi connectivity index (χ2v) is 6.63. The quantitative estimate of drug-likeness (QED) is 0.782. The van der Waals surface area contributed by atoms with E-state index < -0.39 is 9.05 Å². The van der Waals surface area contributed by atoms with Crippen molar-refractivity contribution in [2.75, 3.05) is 5.75 Å². The Bertz CT molecular complexity index is 513. The molecule has 0 atom stereocenters. The zero-order valence-electron chi connectivity index (χ0n) is 10.1. The molecule has 0 unspecified atom stereocenters. The fourth-order valence-electron chi connectivity index (χ4n) is 1.26. The molecular weight excluding hydrogens is 268 g/mol. The van der Waals surface area contributed by atoms with Crippen molar-refractivity contribution in [3.05, 3.63) is 60.7 Å². The van der Waals surface area contributed by atoms with Gasteiger partial charge in [0.2, 0.25) is 9.05 Å². The Morgan fingerprint density at radius 3 is 1.33 bits per heavy atom. The van der Waals surface area contributed by atoms with E-state index in [0.717, 1.165) is 0 Å². The van der Waals surface area contributed by atoms with Crippen LogP contribution in [-0.4, -0.2) is 14.2 Å². The lowest BCUT2D eigenvalue weighted by atomic mass is 10.1.